The fourth-order valence-corrected chi connectivity index (χ4v) is 3.12. The van der Waals surface area contributed by atoms with Crippen molar-refractivity contribution in [2.75, 3.05) is 0 Å². The summed E-state index contributed by atoms with van der Waals surface area (Å²) in [7, 11) is 0. The molecule has 4 aromatic rings. The number of H-pyrrole nitrogens is 1. The van der Waals surface area contributed by atoms with Gasteiger partial charge in [0.1, 0.15) is 0 Å². The first-order valence-corrected chi connectivity index (χ1v) is 7.83. The quantitative estimate of drug-likeness (QED) is 0.591. The van der Waals surface area contributed by atoms with Crippen LogP contribution in [-0.4, -0.2) is 30.8 Å². The van der Waals surface area contributed by atoms with Gasteiger partial charge in [-0.2, -0.15) is 5.10 Å². The van der Waals surface area contributed by atoms with Gasteiger partial charge in [0.15, 0.2) is 0 Å². The van der Waals surface area contributed by atoms with E-state index in [-0.39, 0.29) is 5.56 Å². The van der Waals surface area contributed by atoms with Crippen LogP contribution in [0.3, 0.4) is 0 Å². The van der Waals surface area contributed by atoms with Gasteiger partial charge < -0.3 is 10.1 Å². The third-order valence-corrected chi connectivity index (χ3v) is 4.24. The Morgan fingerprint density at radius 3 is 2.88 bits per heavy atom. The highest BCUT2D eigenvalue weighted by molar-refractivity contribution is 6.31. The van der Waals surface area contributed by atoms with Gasteiger partial charge in [-0.15, -0.1) is 0 Å². The molecule has 6 nitrogen and oxygen atoms in total. The maximum atomic E-state index is 11.4. The molecule has 0 saturated heterocycles. The van der Waals surface area contributed by atoms with E-state index in [1.807, 2.05) is 35.9 Å². The van der Waals surface area contributed by atoms with E-state index >= 15 is 0 Å². The van der Waals surface area contributed by atoms with Crippen LogP contribution in [0.1, 0.15) is 17.3 Å². The molecule has 7 heteroatoms. The van der Waals surface area contributed by atoms with E-state index in [2.05, 4.69) is 15.1 Å². The number of fused-ring (bicyclic) bond motifs is 2. The Morgan fingerprint density at radius 2 is 2.12 bits per heavy atom. The fraction of sp³-hybridized carbons (Fsp3) is 0.118. The largest absolute Gasteiger partial charge is 0.478 e. The Morgan fingerprint density at radius 1 is 1.29 bits per heavy atom. The van der Waals surface area contributed by atoms with Crippen molar-refractivity contribution in [2.45, 2.75) is 13.5 Å². The lowest BCUT2D eigenvalue weighted by atomic mass is 10.1. The monoisotopic (exact) mass is 340 g/mol. The predicted octanol–water partition coefficient (Wildman–Crippen LogP) is 3.95. The number of hydrogen-bond acceptors (Lipinski definition) is 3. The Hall–Kier alpha value is -2.86. The van der Waals surface area contributed by atoms with Gasteiger partial charge in [-0.1, -0.05) is 11.6 Å². The maximum Gasteiger partial charge on any atom is 0.337 e. The summed E-state index contributed by atoms with van der Waals surface area (Å²) in [6.45, 7) is 2.68. The number of nitrogens with zero attached hydrogens (tertiary/aromatic N) is 3. The highest BCUT2D eigenvalue weighted by Crippen LogP contribution is 2.32. The second-order valence-electron chi connectivity index (χ2n) is 5.43. The number of pyridine rings is 1. The molecule has 2 N–H and O–H groups in total. The second-order valence-corrected chi connectivity index (χ2v) is 5.87. The van der Waals surface area contributed by atoms with Crippen LogP contribution in [0.4, 0.5) is 0 Å². The van der Waals surface area contributed by atoms with Crippen LogP contribution in [0.25, 0.3) is 33.3 Å². The Labute approximate surface area is 141 Å². The average Bonchev–Trinajstić information content (AvgIpc) is 3.13. The van der Waals surface area contributed by atoms with Gasteiger partial charge in [-0.3, -0.25) is 9.67 Å². The molecule has 0 aliphatic rings. The van der Waals surface area contributed by atoms with E-state index in [1.165, 1.54) is 12.3 Å². The van der Waals surface area contributed by atoms with Crippen molar-refractivity contribution in [3.63, 3.8) is 0 Å². The van der Waals surface area contributed by atoms with Crippen molar-refractivity contribution in [2.24, 2.45) is 0 Å². The molecule has 0 spiro atoms. The molecular weight excluding hydrogens is 328 g/mol. The number of aryl methyl sites for hydroxylation is 1. The molecule has 0 unspecified atom stereocenters. The molecule has 3 aromatic heterocycles. The van der Waals surface area contributed by atoms with Crippen LogP contribution in [0, 0.1) is 0 Å². The number of carboxylic acids is 1. The highest BCUT2D eigenvalue weighted by Gasteiger charge is 2.17. The lowest BCUT2D eigenvalue weighted by Gasteiger charge is -2.02. The average molecular weight is 341 g/mol. The normalized spacial score (nSPS) is 11.4. The minimum Gasteiger partial charge on any atom is -0.478 e. The van der Waals surface area contributed by atoms with Crippen molar-refractivity contribution in [3.8, 4) is 11.4 Å². The van der Waals surface area contributed by atoms with E-state index < -0.39 is 5.97 Å². The predicted molar refractivity (Wildman–Crippen MR) is 92.5 cm³/mol. The number of aromatic amines is 1. The highest BCUT2D eigenvalue weighted by atomic mass is 35.5. The first kappa shape index (κ1) is 14.7. The number of hydrogen-bond donors (Lipinski definition) is 2. The van der Waals surface area contributed by atoms with E-state index in [9.17, 15) is 9.90 Å². The van der Waals surface area contributed by atoms with Crippen molar-refractivity contribution in [1.29, 1.82) is 0 Å². The Balaban J connectivity index is 2.02. The molecule has 0 saturated carbocycles. The number of halogens is 1. The van der Waals surface area contributed by atoms with Crippen LogP contribution >= 0.6 is 11.6 Å². The second kappa shape index (κ2) is 5.35. The molecule has 24 heavy (non-hydrogen) atoms. The summed E-state index contributed by atoms with van der Waals surface area (Å²) in [4.78, 5) is 18.9. The molecular formula is C17H13ClN4O2. The van der Waals surface area contributed by atoms with Gasteiger partial charge in [-0.05, 0) is 37.3 Å². The SMILES string of the molecule is CCn1nc2cc(Cl)ccc2c1-c1cc2nccc(C(=O)O)c2[nH]1. The van der Waals surface area contributed by atoms with Crippen molar-refractivity contribution >= 4 is 39.5 Å². The molecule has 0 fully saturated rings. The van der Waals surface area contributed by atoms with Gasteiger partial charge >= 0.3 is 5.97 Å². The molecule has 4 rings (SSSR count). The maximum absolute atomic E-state index is 11.4. The van der Waals surface area contributed by atoms with E-state index in [1.54, 1.807) is 0 Å². The standard InChI is InChI=1S/C17H13ClN4O2/c1-2-22-16(10-4-3-9(18)7-12(10)21-22)14-8-13-15(20-14)11(17(23)24)5-6-19-13/h3-8,20H,2H2,1H3,(H,23,24). The molecule has 3 heterocycles. The van der Waals surface area contributed by atoms with Crippen molar-refractivity contribution < 1.29 is 9.90 Å². The molecule has 120 valence electrons. The van der Waals surface area contributed by atoms with Crippen LogP contribution in [0.15, 0.2) is 36.5 Å². The summed E-state index contributed by atoms with van der Waals surface area (Å²) in [5.41, 5.74) is 3.77. The molecule has 0 aliphatic carbocycles. The lowest BCUT2D eigenvalue weighted by Crippen LogP contribution is -1.99. The molecule has 1 aromatic carbocycles. The van der Waals surface area contributed by atoms with E-state index in [0.29, 0.717) is 22.6 Å². The van der Waals surface area contributed by atoms with Crippen molar-refractivity contribution in [1.82, 2.24) is 19.7 Å². The number of nitrogens with one attached hydrogen (secondary N) is 1. The Kier molecular flexibility index (Phi) is 3.28. The number of carbonyl (C=O) groups is 1. The zero-order valence-electron chi connectivity index (χ0n) is 12.7. The van der Waals surface area contributed by atoms with Gasteiger partial charge in [0, 0.05) is 23.2 Å². The minimum atomic E-state index is -0.989. The van der Waals surface area contributed by atoms with Gasteiger partial charge in [-0.25, -0.2) is 4.79 Å². The van der Waals surface area contributed by atoms with Crippen LogP contribution < -0.4 is 0 Å². The summed E-state index contributed by atoms with van der Waals surface area (Å²) in [5.74, 6) is -0.989. The van der Waals surface area contributed by atoms with Crippen LogP contribution in [-0.2, 0) is 6.54 Å². The zero-order chi connectivity index (χ0) is 16.8. The molecule has 0 bridgehead atoms. The van der Waals surface area contributed by atoms with Gasteiger partial charge in [0.25, 0.3) is 0 Å². The summed E-state index contributed by atoms with van der Waals surface area (Å²) < 4.78 is 1.87. The first-order chi connectivity index (χ1) is 11.6. The molecule has 0 radical (unpaired) electrons. The summed E-state index contributed by atoms with van der Waals surface area (Å²) in [6.07, 6.45) is 1.50. The number of benzene rings is 1. The third-order valence-electron chi connectivity index (χ3n) is 4.01. The number of rotatable bonds is 3. The van der Waals surface area contributed by atoms with Crippen LogP contribution in [0.5, 0.6) is 0 Å². The fourth-order valence-electron chi connectivity index (χ4n) is 2.95. The third kappa shape index (κ3) is 2.15. The summed E-state index contributed by atoms with van der Waals surface area (Å²) in [5, 5.41) is 15.5. The minimum absolute atomic E-state index is 0.196. The van der Waals surface area contributed by atoms with E-state index in [0.717, 1.165) is 22.3 Å². The molecule has 0 amide bonds. The Bertz CT molecular complexity index is 1100. The zero-order valence-corrected chi connectivity index (χ0v) is 13.5. The molecule has 0 aliphatic heterocycles. The lowest BCUT2D eigenvalue weighted by molar-refractivity contribution is 0.0699. The van der Waals surface area contributed by atoms with Crippen molar-refractivity contribution in [3.05, 3.63) is 47.1 Å². The molecule has 0 atom stereocenters. The van der Waals surface area contributed by atoms with Gasteiger partial charge in [0.2, 0.25) is 0 Å². The number of carboxylic acid groups (broad SMARTS) is 1. The van der Waals surface area contributed by atoms with Crippen LogP contribution in [0.2, 0.25) is 5.02 Å². The number of aromatic carboxylic acids is 1. The topological polar surface area (TPSA) is 83.8 Å². The first-order valence-electron chi connectivity index (χ1n) is 7.46. The smallest absolute Gasteiger partial charge is 0.337 e. The summed E-state index contributed by atoms with van der Waals surface area (Å²) in [6, 6.07) is 8.89. The summed E-state index contributed by atoms with van der Waals surface area (Å²) >= 11 is 6.06. The number of aromatic nitrogens is 4. The van der Waals surface area contributed by atoms with E-state index in [4.69, 9.17) is 11.6 Å². The van der Waals surface area contributed by atoms with Gasteiger partial charge in [0.05, 0.1) is 33.5 Å².